The lowest BCUT2D eigenvalue weighted by Crippen LogP contribution is -2.24. The van der Waals surface area contributed by atoms with Crippen molar-refractivity contribution in [2.45, 2.75) is 42.9 Å². The molecule has 196 valence electrons. The fourth-order valence-corrected chi connectivity index (χ4v) is 7.91. The Hall–Kier alpha value is -2.06. The van der Waals surface area contributed by atoms with E-state index in [1.165, 1.54) is 35.0 Å². The SMILES string of the molecule is Cc1sc(C(=O)c2cncnc2N[C@@H]2C[C@H](COS(N)(=O)=O)[C@@H](O)C2)cc1[C@@H]1SCc2ccc(Cl)cc21. The van der Waals surface area contributed by atoms with E-state index in [0.717, 1.165) is 16.2 Å². The Kier molecular flexibility index (Phi) is 7.60. The largest absolute Gasteiger partial charge is 0.393 e. The minimum Gasteiger partial charge on any atom is -0.393 e. The third-order valence-corrected chi connectivity index (χ3v) is 9.74. The maximum atomic E-state index is 13.6. The molecule has 1 aliphatic heterocycles. The second-order valence-corrected chi connectivity index (χ2v) is 13.2. The number of thioether (sulfide) groups is 1. The summed E-state index contributed by atoms with van der Waals surface area (Å²) in [6.45, 7) is 1.81. The summed E-state index contributed by atoms with van der Waals surface area (Å²) in [5.74, 6) is 0.654. The molecule has 0 radical (unpaired) electrons. The number of nitrogens with zero attached hydrogens (tertiary/aromatic N) is 2. The lowest BCUT2D eigenvalue weighted by Gasteiger charge is -2.15. The Morgan fingerprint density at radius 1 is 1.30 bits per heavy atom. The summed E-state index contributed by atoms with van der Waals surface area (Å²) in [7, 11) is -4.09. The van der Waals surface area contributed by atoms with Crippen molar-refractivity contribution >= 4 is 56.6 Å². The lowest BCUT2D eigenvalue weighted by molar-refractivity contribution is 0.101. The molecule has 0 bridgehead atoms. The van der Waals surface area contributed by atoms with Crippen LogP contribution < -0.4 is 10.5 Å². The summed E-state index contributed by atoms with van der Waals surface area (Å²) in [4.78, 5) is 23.6. The highest BCUT2D eigenvalue weighted by Gasteiger charge is 2.35. The molecule has 1 saturated carbocycles. The van der Waals surface area contributed by atoms with E-state index >= 15 is 0 Å². The molecule has 2 aromatic heterocycles. The van der Waals surface area contributed by atoms with Crippen molar-refractivity contribution in [2.75, 3.05) is 11.9 Å². The second kappa shape index (κ2) is 10.6. The van der Waals surface area contributed by atoms with Gasteiger partial charge in [-0.25, -0.2) is 15.1 Å². The van der Waals surface area contributed by atoms with Crippen LogP contribution in [0.5, 0.6) is 0 Å². The molecular formula is C24H25ClN4O5S3. The van der Waals surface area contributed by atoms with Gasteiger partial charge >= 0.3 is 10.3 Å². The van der Waals surface area contributed by atoms with Crippen molar-refractivity contribution in [1.29, 1.82) is 0 Å². The van der Waals surface area contributed by atoms with Gasteiger partial charge in [0.25, 0.3) is 0 Å². The van der Waals surface area contributed by atoms with Crippen LogP contribution in [-0.4, -0.2) is 48.0 Å². The van der Waals surface area contributed by atoms with Crippen LogP contribution in [0.1, 0.15) is 54.9 Å². The molecule has 13 heteroatoms. The monoisotopic (exact) mass is 580 g/mol. The van der Waals surface area contributed by atoms with Crippen LogP contribution in [0.2, 0.25) is 5.02 Å². The third kappa shape index (κ3) is 5.85. The van der Waals surface area contributed by atoms with Crippen molar-refractivity contribution in [3.05, 3.63) is 73.8 Å². The molecule has 0 amide bonds. The number of thiophene rings is 1. The third-order valence-electron chi connectivity index (χ3n) is 6.66. The van der Waals surface area contributed by atoms with Gasteiger partial charge in [0.15, 0.2) is 0 Å². The number of benzene rings is 1. The standard InChI is InChI=1S/C24H25ClN4O5S3/c1-12-17(23-18-5-15(25)3-2-13(18)10-35-23)7-21(36-12)22(31)19-8-27-11-28-24(19)29-16-4-14(20(30)6-16)9-34-37(26,32)33/h2-3,5,7-8,11,14,16,20,23,30H,4,6,9-10H2,1H3,(H2,26,32,33)(H,27,28,29)/t14-,16-,20+,23+/m1/s1. The number of carbonyl (C=O) groups excluding carboxylic acids is 1. The average molecular weight is 581 g/mol. The van der Waals surface area contributed by atoms with Gasteiger partial charge in [-0.2, -0.15) is 8.42 Å². The molecule has 1 aliphatic carbocycles. The molecule has 9 nitrogen and oxygen atoms in total. The molecule has 0 unspecified atom stereocenters. The summed E-state index contributed by atoms with van der Waals surface area (Å²) in [5.41, 5.74) is 3.87. The number of aliphatic hydroxyl groups is 1. The zero-order valence-electron chi connectivity index (χ0n) is 19.8. The van der Waals surface area contributed by atoms with E-state index < -0.39 is 22.3 Å². The van der Waals surface area contributed by atoms with Crippen LogP contribution in [0.3, 0.4) is 0 Å². The van der Waals surface area contributed by atoms with Gasteiger partial charge in [-0.05, 0) is 54.7 Å². The highest BCUT2D eigenvalue weighted by Crippen LogP contribution is 2.49. The van der Waals surface area contributed by atoms with Gasteiger partial charge in [0, 0.05) is 33.8 Å². The number of anilines is 1. The first-order valence-corrected chi connectivity index (χ1v) is 15.3. The number of nitrogens with two attached hydrogens (primary N) is 1. The zero-order valence-corrected chi connectivity index (χ0v) is 23.0. The first-order chi connectivity index (χ1) is 17.6. The van der Waals surface area contributed by atoms with E-state index in [-0.39, 0.29) is 23.7 Å². The molecule has 0 saturated heterocycles. The molecule has 3 aromatic rings. The summed E-state index contributed by atoms with van der Waals surface area (Å²) in [6.07, 6.45) is 2.84. The quantitative estimate of drug-likeness (QED) is 0.338. The fourth-order valence-electron chi connectivity index (χ4n) is 4.85. The first kappa shape index (κ1) is 26.5. The molecule has 5 rings (SSSR count). The molecule has 1 fully saturated rings. The summed E-state index contributed by atoms with van der Waals surface area (Å²) in [5, 5.41) is 19.3. The Morgan fingerprint density at radius 2 is 2.11 bits per heavy atom. The molecule has 3 heterocycles. The van der Waals surface area contributed by atoms with Crippen LogP contribution >= 0.6 is 34.7 Å². The number of fused-ring (bicyclic) bond motifs is 1. The summed E-state index contributed by atoms with van der Waals surface area (Å²) in [6, 6.07) is 7.68. The Labute approximate surface area is 228 Å². The van der Waals surface area contributed by atoms with Crippen molar-refractivity contribution in [3.63, 3.8) is 0 Å². The smallest absolute Gasteiger partial charge is 0.333 e. The van der Waals surface area contributed by atoms with Gasteiger partial charge in [0.2, 0.25) is 5.78 Å². The van der Waals surface area contributed by atoms with Crippen molar-refractivity contribution in [2.24, 2.45) is 11.1 Å². The average Bonchev–Trinajstić information content (AvgIpc) is 3.53. The predicted octanol–water partition coefficient (Wildman–Crippen LogP) is 3.84. The number of aliphatic hydroxyl groups excluding tert-OH is 1. The van der Waals surface area contributed by atoms with Crippen molar-refractivity contribution < 1.29 is 22.5 Å². The van der Waals surface area contributed by atoms with E-state index in [2.05, 4.69) is 25.5 Å². The van der Waals surface area contributed by atoms with Crippen LogP contribution in [0.15, 0.2) is 36.8 Å². The second-order valence-electron chi connectivity index (χ2n) is 9.19. The number of halogens is 1. The number of rotatable bonds is 8. The Morgan fingerprint density at radius 3 is 2.89 bits per heavy atom. The fraction of sp³-hybridized carbons (Fsp3) is 0.375. The number of hydrogen-bond donors (Lipinski definition) is 3. The van der Waals surface area contributed by atoms with Gasteiger partial charge in [-0.15, -0.1) is 23.1 Å². The van der Waals surface area contributed by atoms with E-state index in [9.17, 15) is 18.3 Å². The number of carbonyl (C=O) groups is 1. The molecule has 4 atom stereocenters. The Balaban J connectivity index is 1.34. The van der Waals surface area contributed by atoms with Crippen LogP contribution in [-0.2, 0) is 20.2 Å². The topological polar surface area (TPSA) is 144 Å². The van der Waals surface area contributed by atoms with Crippen molar-refractivity contribution in [3.8, 4) is 0 Å². The highest BCUT2D eigenvalue weighted by molar-refractivity contribution is 7.99. The maximum absolute atomic E-state index is 13.6. The van der Waals surface area contributed by atoms with Gasteiger partial charge < -0.3 is 10.4 Å². The lowest BCUT2D eigenvalue weighted by atomic mass is 10.00. The minimum atomic E-state index is -4.09. The predicted molar refractivity (Wildman–Crippen MR) is 144 cm³/mol. The number of nitrogens with one attached hydrogen (secondary N) is 1. The number of hydrogen-bond acceptors (Lipinski definition) is 10. The minimum absolute atomic E-state index is 0.118. The van der Waals surface area contributed by atoms with E-state index in [4.69, 9.17) is 16.7 Å². The summed E-state index contributed by atoms with van der Waals surface area (Å²) < 4.78 is 26.9. The van der Waals surface area contributed by atoms with E-state index in [0.29, 0.717) is 34.1 Å². The Bertz CT molecular complexity index is 1450. The van der Waals surface area contributed by atoms with Gasteiger partial charge in [0.1, 0.15) is 12.1 Å². The van der Waals surface area contributed by atoms with Crippen molar-refractivity contribution in [1.82, 2.24) is 9.97 Å². The van der Waals surface area contributed by atoms with E-state index in [1.54, 1.807) is 0 Å². The van der Waals surface area contributed by atoms with Gasteiger partial charge in [-0.3, -0.25) is 8.98 Å². The first-order valence-electron chi connectivity index (χ1n) is 11.6. The van der Waals surface area contributed by atoms with Crippen LogP contribution in [0.25, 0.3) is 0 Å². The van der Waals surface area contributed by atoms with Gasteiger partial charge in [0.05, 0.1) is 28.4 Å². The highest BCUT2D eigenvalue weighted by atomic mass is 35.5. The number of aryl methyl sites for hydroxylation is 1. The molecule has 2 aliphatic rings. The number of ketones is 1. The van der Waals surface area contributed by atoms with Gasteiger partial charge in [-0.1, -0.05) is 17.7 Å². The maximum Gasteiger partial charge on any atom is 0.333 e. The van der Waals surface area contributed by atoms with E-state index in [1.807, 2.05) is 36.9 Å². The molecule has 0 spiro atoms. The normalized spacial score (nSPS) is 23.2. The van der Waals surface area contributed by atoms with Crippen LogP contribution in [0, 0.1) is 12.8 Å². The molecule has 37 heavy (non-hydrogen) atoms. The molecular weight excluding hydrogens is 556 g/mol. The van der Waals surface area contributed by atoms with Crippen LogP contribution in [0.4, 0.5) is 5.82 Å². The summed E-state index contributed by atoms with van der Waals surface area (Å²) >= 11 is 9.52. The molecule has 1 aromatic carbocycles. The zero-order chi connectivity index (χ0) is 26.3. The number of aromatic nitrogens is 2. The molecule has 4 N–H and O–H groups in total.